The summed E-state index contributed by atoms with van der Waals surface area (Å²) in [6, 6.07) is 11.8. The lowest BCUT2D eigenvalue weighted by molar-refractivity contribution is 0.628. The number of fused-ring (bicyclic) bond motifs is 3. The first-order chi connectivity index (χ1) is 11.6. The maximum Gasteiger partial charge on any atom is 0.294 e. The fourth-order valence-corrected chi connectivity index (χ4v) is 2.68. The Morgan fingerprint density at radius 2 is 2.12 bits per heavy atom. The van der Waals surface area contributed by atoms with Gasteiger partial charge >= 0.3 is 0 Å². The van der Waals surface area contributed by atoms with Gasteiger partial charge in [0.15, 0.2) is 0 Å². The zero-order chi connectivity index (χ0) is 16.7. The molecule has 2 heterocycles. The molecule has 120 valence electrons. The van der Waals surface area contributed by atoms with Crippen LogP contribution in [0.15, 0.2) is 51.7 Å². The summed E-state index contributed by atoms with van der Waals surface area (Å²) in [5.74, 6) is 0.133. The Labute approximate surface area is 136 Å². The van der Waals surface area contributed by atoms with Crippen molar-refractivity contribution in [2.75, 3.05) is 5.32 Å². The highest BCUT2D eigenvalue weighted by Crippen LogP contribution is 2.25. The number of nitrogens with zero attached hydrogens (tertiary/aromatic N) is 1. The average molecular weight is 323 g/mol. The minimum absolute atomic E-state index is 0.213. The summed E-state index contributed by atoms with van der Waals surface area (Å²) >= 11 is 0. The Hall–Kier alpha value is -3.15. The molecule has 2 N–H and O–H groups in total. The van der Waals surface area contributed by atoms with E-state index in [0.29, 0.717) is 22.6 Å². The average Bonchev–Trinajstić information content (AvgIpc) is 2.92. The molecule has 0 unspecified atom stereocenters. The van der Waals surface area contributed by atoms with E-state index in [0.717, 1.165) is 10.9 Å². The molecule has 4 rings (SSSR count). The van der Waals surface area contributed by atoms with E-state index in [9.17, 15) is 9.18 Å². The molecule has 0 amide bonds. The van der Waals surface area contributed by atoms with Crippen LogP contribution in [0.2, 0.25) is 0 Å². The Bertz CT molecular complexity index is 1110. The maximum absolute atomic E-state index is 13.2. The third-order valence-electron chi connectivity index (χ3n) is 3.81. The molecule has 5 nitrogen and oxygen atoms in total. The van der Waals surface area contributed by atoms with E-state index in [1.807, 2.05) is 25.1 Å². The molecule has 0 radical (unpaired) electrons. The standard InChI is InChI=1S/C18H14FN3O2/c1-10-5-6-14-13(7-10)16-17(24-14)18(23)22-15(21-16)9-20-12-4-2-3-11(19)8-12/h2-8,20H,9H2,1H3,(H,21,22,23). The number of aromatic nitrogens is 2. The van der Waals surface area contributed by atoms with Crippen molar-refractivity contribution in [3.63, 3.8) is 0 Å². The first kappa shape index (κ1) is 14.4. The minimum Gasteiger partial charge on any atom is -0.449 e. The van der Waals surface area contributed by atoms with Crippen LogP contribution in [0.5, 0.6) is 0 Å². The van der Waals surface area contributed by atoms with E-state index < -0.39 is 0 Å². The number of halogens is 1. The van der Waals surface area contributed by atoms with Gasteiger partial charge in [0.05, 0.1) is 6.54 Å². The van der Waals surface area contributed by atoms with E-state index in [1.165, 1.54) is 12.1 Å². The fraction of sp³-hybridized carbons (Fsp3) is 0.111. The number of H-pyrrole nitrogens is 1. The van der Waals surface area contributed by atoms with Gasteiger partial charge in [0, 0.05) is 11.1 Å². The van der Waals surface area contributed by atoms with Gasteiger partial charge in [-0.2, -0.15) is 0 Å². The molecule has 24 heavy (non-hydrogen) atoms. The quantitative estimate of drug-likeness (QED) is 0.603. The molecule has 0 saturated carbocycles. The molecule has 0 fully saturated rings. The minimum atomic E-state index is -0.329. The second kappa shape index (κ2) is 5.49. The molecular formula is C18H14FN3O2. The summed E-state index contributed by atoms with van der Waals surface area (Å²) < 4.78 is 18.8. The van der Waals surface area contributed by atoms with Crippen molar-refractivity contribution >= 4 is 27.8 Å². The topological polar surface area (TPSA) is 70.9 Å². The van der Waals surface area contributed by atoms with Crippen molar-refractivity contribution in [2.45, 2.75) is 13.5 Å². The molecule has 2 aromatic heterocycles. The number of benzene rings is 2. The zero-order valence-corrected chi connectivity index (χ0v) is 12.9. The Kier molecular flexibility index (Phi) is 3.30. The van der Waals surface area contributed by atoms with Crippen molar-refractivity contribution in [3.8, 4) is 0 Å². The van der Waals surface area contributed by atoms with Crippen LogP contribution >= 0.6 is 0 Å². The lowest BCUT2D eigenvalue weighted by Crippen LogP contribution is -2.13. The third kappa shape index (κ3) is 2.52. The van der Waals surface area contributed by atoms with Crippen LogP contribution in [-0.2, 0) is 6.54 Å². The van der Waals surface area contributed by atoms with Crippen LogP contribution in [-0.4, -0.2) is 9.97 Å². The van der Waals surface area contributed by atoms with Crippen molar-refractivity contribution in [1.82, 2.24) is 9.97 Å². The van der Waals surface area contributed by atoms with Crippen LogP contribution in [0.25, 0.3) is 22.1 Å². The molecule has 2 aromatic carbocycles. The van der Waals surface area contributed by atoms with Gasteiger partial charge in [-0.3, -0.25) is 4.79 Å². The second-order valence-electron chi connectivity index (χ2n) is 5.66. The molecule has 0 aliphatic rings. The number of hydrogen-bond donors (Lipinski definition) is 2. The van der Waals surface area contributed by atoms with Gasteiger partial charge in [-0.25, -0.2) is 9.37 Å². The monoisotopic (exact) mass is 323 g/mol. The Balaban J connectivity index is 1.75. The summed E-state index contributed by atoms with van der Waals surface area (Å²) in [5, 5.41) is 3.85. The number of rotatable bonds is 3. The lowest BCUT2D eigenvalue weighted by atomic mass is 10.2. The normalized spacial score (nSPS) is 11.2. The third-order valence-corrected chi connectivity index (χ3v) is 3.81. The van der Waals surface area contributed by atoms with Crippen molar-refractivity contribution in [1.29, 1.82) is 0 Å². The maximum atomic E-state index is 13.2. The van der Waals surface area contributed by atoms with E-state index >= 15 is 0 Å². The Morgan fingerprint density at radius 3 is 2.96 bits per heavy atom. The Morgan fingerprint density at radius 1 is 1.25 bits per heavy atom. The van der Waals surface area contributed by atoms with Gasteiger partial charge in [0.2, 0.25) is 5.58 Å². The highest BCUT2D eigenvalue weighted by molar-refractivity contribution is 6.02. The summed E-state index contributed by atoms with van der Waals surface area (Å²) in [4.78, 5) is 19.4. The largest absolute Gasteiger partial charge is 0.449 e. The zero-order valence-electron chi connectivity index (χ0n) is 12.9. The first-order valence-corrected chi connectivity index (χ1v) is 7.52. The van der Waals surface area contributed by atoms with Crippen LogP contribution in [0, 0.1) is 12.7 Å². The van der Waals surface area contributed by atoms with Crippen molar-refractivity contribution < 1.29 is 8.81 Å². The number of furan rings is 1. The molecule has 0 atom stereocenters. The SMILES string of the molecule is Cc1ccc2oc3c(=O)[nH]c(CNc4cccc(F)c4)nc3c2c1. The van der Waals surface area contributed by atoms with Gasteiger partial charge in [0.1, 0.15) is 22.7 Å². The van der Waals surface area contributed by atoms with E-state index in [-0.39, 0.29) is 23.5 Å². The van der Waals surface area contributed by atoms with E-state index in [4.69, 9.17) is 4.42 Å². The van der Waals surface area contributed by atoms with Gasteiger partial charge in [-0.15, -0.1) is 0 Å². The molecule has 0 saturated heterocycles. The number of hydrogen-bond acceptors (Lipinski definition) is 4. The van der Waals surface area contributed by atoms with E-state index in [1.54, 1.807) is 12.1 Å². The molecular weight excluding hydrogens is 309 g/mol. The number of aromatic amines is 1. The summed E-state index contributed by atoms with van der Waals surface area (Å²) in [6.45, 7) is 2.24. The summed E-state index contributed by atoms with van der Waals surface area (Å²) in [6.07, 6.45) is 0. The second-order valence-corrected chi connectivity index (χ2v) is 5.66. The summed E-state index contributed by atoms with van der Waals surface area (Å²) in [5.41, 5.74) is 2.73. The first-order valence-electron chi connectivity index (χ1n) is 7.52. The van der Waals surface area contributed by atoms with Crippen LogP contribution in [0.4, 0.5) is 10.1 Å². The number of anilines is 1. The van der Waals surface area contributed by atoms with Gasteiger partial charge in [0.25, 0.3) is 5.56 Å². The molecule has 0 bridgehead atoms. The predicted octanol–water partition coefficient (Wildman–Crippen LogP) is 3.73. The molecule has 4 aromatic rings. The van der Waals surface area contributed by atoms with Crippen LogP contribution < -0.4 is 10.9 Å². The number of nitrogens with one attached hydrogen (secondary N) is 2. The van der Waals surface area contributed by atoms with Crippen molar-refractivity contribution in [3.05, 3.63) is 70.0 Å². The van der Waals surface area contributed by atoms with Gasteiger partial charge < -0.3 is 14.7 Å². The molecule has 6 heteroatoms. The van der Waals surface area contributed by atoms with Gasteiger partial charge in [-0.1, -0.05) is 17.7 Å². The van der Waals surface area contributed by atoms with Crippen LogP contribution in [0.3, 0.4) is 0 Å². The predicted molar refractivity (Wildman–Crippen MR) is 90.6 cm³/mol. The van der Waals surface area contributed by atoms with Gasteiger partial charge in [-0.05, 0) is 37.3 Å². The molecule has 0 spiro atoms. The highest BCUT2D eigenvalue weighted by Gasteiger charge is 2.13. The van der Waals surface area contributed by atoms with E-state index in [2.05, 4.69) is 15.3 Å². The fourth-order valence-electron chi connectivity index (χ4n) is 2.68. The number of aryl methyl sites for hydroxylation is 1. The molecule has 0 aliphatic heterocycles. The smallest absolute Gasteiger partial charge is 0.294 e. The van der Waals surface area contributed by atoms with Crippen LogP contribution in [0.1, 0.15) is 11.4 Å². The summed E-state index contributed by atoms with van der Waals surface area (Å²) in [7, 11) is 0. The van der Waals surface area contributed by atoms with Crippen molar-refractivity contribution in [2.24, 2.45) is 0 Å². The molecule has 0 aliphatic carbocycles. The highest BCUT2D eigenvalue weighted by atomic mass is 19.1. The lowest BCUT2D eigenvalue weighted by Gasteiger charge is -2.05.